The van der Waals surface area contributed by atoms with E-state index in [4.69, 9.17) is 4.43 Å². The first-order chi connectivity index (χ1) is 18.1. The Kier molecular flexibility index (Phi) is 8.40. The summed E-state index contributed by atoms with van der Waals surface area (Å²) in [5, 5.41) is 3.61. The molecule has 0 spiro atoms. The van der Waals surface area contributed by atoms with Gasteiger partial charge in [-0.1, -0.05) is 130 Å². The van der Waals surface area contributed by atoms with Gasteiger partial charge in [-0.2, -0.15) is 0 Å². The Labute approximate surface area is 229 Å². The fraction of sp³-hybridized carbons (Fsp3) is 0.176. The summed E-state index contributed by atoms with van der Waals surface area (Å²) >= 11 is 0. The summed E-state index contributed by atoms with van der Waals surface area (Å²) < 4.78 is 6.41. The lowest BCUT2D eigenvalue weighted by atomic mass is 10.2. The highest BCUT2D eigenvalue weighted by molar-refractivity contribution is 7.95. The van der Waals surface area contributed by atoms with Crippen molar-refractivity contribution in [3.05, 3.63) is 127 Å². The Bertz CT molecular complexity index is 1330. The van der Waals surface area contributed by atoms with Crippen molar-refractivity contribution < 1.29 is 9.22 Å². The molecule has 0 aliphatic heterocycles. The van der Waals surface area contributed by atoms with Gasteiger partial charge in [-0.25, -0.2) is 0 Å². The standard InChI is InChI=1S/C34H37O2PSi/c1-34(2,3)38(4,5)36-30-25-22-28(23-26-30)21-24-29(35)27-37(31-15-9-6-10-16-31,32-17-11-7-12-18-32)33-19-13-8-14-20-33/h6-27H,1-5H3/b24-21+. The summed E-state index contributed by atoms with van der Waals surface area (Å²) in [5.41, 5.74) is 0.970. The molecule has 0 saturated heterocycles. The molecule has 4 heteroatoms. The van der Waals surface area contributed by atoms with Gasteiger partial charge < -0.3 is 4.43 Å². The van der Waals surface area contributed by atoms with E-state index in [0.29, 0.717) is 0 Å². The van der Waals surface area contributed by atoms with Crippen LogP contribution in [0.3, 0.4) is 0 Å². The van der Waals surface area contributed by atoms with Crippen LogP contribution in [-0.2, 0) is 4.79 Å². The van der Waals surface area contributed by atoms with Crippen molar-refractivity contribution in [2.75, 3.05) is 0 Å². The number of hydrogen-bond donors (Lipinski definition) is 0. The van der Waals surface area contributed by atoms with E-state index in [-0.39, 0.29) is 10.8 Å². The van der Waals surface area contributed by atoms with Crippen molar-refractivity contribution in [2.24, 2.45) is 0 Å². The lowest BCUT2D eigenvalue weighted by molar-refractivity contribution is -0.108. The van der Waals surface area contributed by atoms with Crippen LogP contribution in [0.1, 0.15) is 26.3 Å². The molecule has 0 bridgehead atoms. The van der Waals surface area contributed by atoms with Gasteiger partial charge in [0.2, 0.25) is 8.32 Å². The molecule has 0 aliphatic rings. The van der Waals surface area contributed by atoms with Gasteiger partial charge in [0.15, 0.2) is 5.78 Å². The van der Waals surface area contributed by atoms with Crippen LogP contribution in [0, 0.1) is 0 Å². The molecule has 194 valence electrons. The second-order valence-electron chi connectivity index (χ2n) is 11.0. The fourth-order valence-corrected chi connectivity index (χ4v) is 8.94. The molecule has 4 aromatic carbocycles. The molecule has 38 heavy (non-hydrogen) atoms. The molecule has 0 fully saturated rings. The van der Waals surface area contributed by atoms with Crippen LogP contribution in [0.2, 0.25) is 18.1 Å². The van der Waals surface area contributed by atoms with Crippen LogP contribution in [0.15, 0.2) is 121 Å². The van der Waals surface area contributed by atoms with Crippen LogP contribution < -0.4 is 20.3 Å². The maximum atomic E-state index is 13.6. The normalized spacial score (nSPS) is 12.3. The van der Waals surface area contributed by atoms with E-state index in [1.54, 1.807) is 6.08 Å². The van der Waals surface area contributed by atoms with E-state index in [0.717, 1.165) is 27.2 Å². The lowest BCUT2D eigenvalue weighted by Gasteiger charge is -2.36. The van der Waals surface area contributed by atoms with Gasteiger partial charge in [0, 0.05) is 0 Å². The highest BCUT2D eigenvalue weighted by Gasteiger charge is 2.38. The average molecular weight is 537 g/mol. The van der Waals surface area contributed by atoms with Gasteiger partial charge >= 0.3 is 0 Å². The highest BCUT2D eigenvalue weighted by atomic mass is 31.2. The predicted molar refractivity (Wildman–Crippen MR) is 170 cm³/mol. The van der Waals surface area contributed by atoms with E-state index >= 15 is 0 Å². The number of benzene rings is 4. The molecule has 0 radical (unpaired) electrons. The van der Waals surface area contributed by atoms with E-state index in [9.17, 15) is 4.79 Å². The topological polar surface area (TPSA) is 26.3 Å². The summed E-state index contributed by atoms with van der Waals surface area (Å²) in [6, 6.07) is 39.3. The van der Waals surface area contributed by atoms with Gasteiger partial charge in [0.1, 0.15) is 5.75 Å². The summed E-state index contributed by atoms with van der Waals surface area (Å²) in [4.78, 5) is 13.6. The molecule has 2 nitrogen and oxygen atoms in total. The largest absolute Gasteiger partial charge is 0.544 e. The SMILES string of the molecule is CC(C)(C)[Si](C)(C)Oc1ccc(/C=C/C(=O)C=P(c2ccccc2)(c2ccccc2)c2ccccc2)cc1. The van der Waals surface area contributed by atoms with Crippen LogP contribution in [0.5, 0.6) is 5.75 Å². The first-order valence-electron chi connectivity index (χ1n) is 13.0. The van der Waals surface area contributed by atoms with Crippen molar-refractivity contribution >= 4 is 48.8 Å². The highest BCUT2D eigenvalue weighted by Crippen LogP contribution is 2.43. The van der Waals surface area contributed by atoms with E-state index < -0.39 is 15.2 Å². The van der Waals surface area contributed by atoms with E-state index in [1.807, 2.05) is 54.3 Å². The molecule has 0 aromatic heterocycles. The lowest BCUT2D eigenvalue weighted by Crippen LogP contribution is -2.43. The molecule has 0 amide bonds. The minimum atomic E-state index is -2.32. The molecule has 0 unspecified atom stereocenters. The fourth-order valence-electron chi connectivity index (χ4n) is 4.17. The number of carbonyl (C=O) groups excluding carboxylic acids is 1. The van der Waals surface area contributed by atoms with Crippen LogP contribution in [0.25, 0.3) is 6.08 Å². The number of allylic oxidation sites excluding steroid dienone is 1. The molecule has 4 aromatic rings. The van der Waals surface area contributed by atoms with Crippen molar-refractivity contribution in [3.63, 3.8) is 0 Å². The first-order valence-corrected chi connectivity index (χ1v) is 17.8. The van der Waals surface area contributed by atoms with Gasteiger partial charge in [-0.3, -0.25) is 4.79 Å². The number of carbonyl (C=O) groups is 1. The van der Waals surface area contributed by atoms with E-state index in [2.05, 4.69) is 107 Å². The summed E-state index contributed by atoms with van der Waals surface area (Å²) in [7, 11) is -1.90. The maximum Gasteiger partial charge on any atom is 0.250 e. The van der Waals surface area contributed by atoms with Crippen molar-refractivity contribution in [2.45, 2.75) is 38.9 Å². The summed E-state index contributed by atoms with van der Waals surface area (Å²) in [6.07, 6.45) is 3.58. The Balaban J connectivity index is 1.71. The monoisotopic (exact) mass is 536 g/mol. The van der Waals surface area contributed by atoms with Crippen molar-refractivity contribution in [1.82, 2.24) is 0 Å². The van der Waals surface area contributed by atoms with Gasteiger partial charge in [-0.05, 0) is 70.5 Å². The van der Waals surface area contributed by atoms with Crippen LogP contribution in [0.4, 0.5) is 0 Å². The maximum absolute atomic E-state index is 13.6. The molecule has 0 aliphatic carbocycles. The third-order valence-corrected chi connectivity index (χ3v) is 15.6. The molecule has 0 N–H and O–H groups in total. The number of ketones is 1. The van der Waals surface area contributed by atoms with Crippen LogP contribution in [-0.4, -0.2) is 19.9 Å². The Morgan fingerprint density at radius 2 is 1.11 bits per heavy atom. The minimum Gasteiger partial charge on any atom is -0.544 e. The first kappa shape index (κ1) is 27.6. The molecule has 0 saturated carbocycles. The quantitative estimate of drug-likeness (QED) is 0.133. The predicted octanol–water partition coefficient (Wildman–Crippen LogP) is 7.45. The molecule has 4 rings (SSSR count). The number of hydrogen-bond acceptors (Lipinski definition) is 2. The van der Waals surface area contributed by atoms with E-state index in [1.165, 1.54) is 0 Å². The Hall–Kier alpha value is -3.39. The second kappa shape index (κ2) is 11.6. The third kappa shape index (κ3) is 6.18. The average Bonchev–Trinajstić information content (AvgIpc) is 2.92. The van der Waals surface area contributed by atoms with Gasteiger partial charge in [-0.15, -0.1) is 0 Å². The van der Waals surface area contributed by atoms with Crippen molar-refractivity contribution in [1.29, 1.82) is 0 Å². The zero-order valence-corrected chi connectivity index (χ0v) is 24.9. The summed E-state index contributed by atoms with van der Waals surface area (Å²) in [6.45, 7) is 8.89. The Morgan fingerprint density at radius 1 is 0.684 bits per heavy atom. The van der Waals surface area contributed by atoms with Gasteiger partial charge in [0.25, 0.3) is 0 Å². The molecule has 0 heterocycles. The summed E-state index contributed by atoms with van der Waals surface area (Å²) in [5.74, 6) is 2.84. The van der Waals surface area contributed by atoms with Crippen LogP contribution >= 0.6 is 6.89 Å². The van der Waals surface area contributed by atoms with Crippen molar-refractivity contribution in [3.8, 4) is 5.75 Å². The molecule has 0 atom stereocenters. The molecular formula is C34H37O2PSi. The number of rotatable bonds is 8. The van der Waals surface area contributed by atoms with Gasteiger partial charge in [0.05, 0.1) is 0 Å². The minimum absolute atomic E-state index is 0.00325. The third-order valence-electron chi connectivity index (χ3n) is 7.31. The molecular weight excluding hydrogens is 499 g/mol. The zero-order chi connectivity index (χ0) is 27.2. The Morgan fingerprint density at radius 3 is 1.50 bits per heavy atom. The zero-order valence-electron chi connectivity index (χ0n) is 23.0. The smallest absolute Gasteiger partial charge is 0.250 e. The second-order valence-corrected chi connectivity index (χ2v) is 19.0.